The van der Waals surface area contributed by atoms with Crippen LogP contribution in [0.2, 0.25) is 0 Å². The molecular formula is C27H19N2O+. The fourth-order valence-corrected chi connectivity index (χ4v) is 5.15. The molecule has 0 atom stereocenters. The van der Waals surface area contributed by atoms with Gasteiger partial charge in [-0.15, -0.1) is 0 Å². The van der Waals surface area contributed by atoms with E-state index in [2.05, 4.69) is 102 Å². The minimum absolute atomic E-state index is 0.930. The van der Waals surface area contributed by atoms with E-state index in [1.807, 2.05) is 0 Å². The zero-order valence-electron chi connectivity index (χ0n) is 16.8. The van der Waals surface area contributed by atoms with Crippen LogP contribution >= 0.6 is 0 Å². The largest absolute Gasteiger partial charge is 0.451 e. The third-order valence-corrected chi connectivity index (χ3v) is 6.51. The highest BCUT2D eigenvalue weighted by atomic mass is 16.3. The van der Waals surface area contributed by atoms with Crippen molar-refractivity contribution >= 4 is 60.3 Å². The van der Waals surface area contributed by atoms with Gasteiger partial charge in [0.25, 0.3) is 5.65 Å². The summed E-state index contributed by atoms with van der Waals surface area (Å²) in [5.74, 6) is 0. The molecule has 7 rings (SSSR count). The first-order valence-corrected chi connectivity index (χ1v) is 10.3. The molecule has 0 aliphatic heterocycles. The van der Waals surface area contributed by atoms with Crippen LogP contribution in [-0.2, 0) is 7.05 Å². The number of fused-ring (bicyclic) bond motifs is 11. The lowest BCUT2D eigenvalue weighted by atomic mass is 10.0. The van der Waals surface area contributed by atoms with Crippen molar-refractivity contribution in [2.45, 2.75) is 6.92 Å². The highest BCUT2D eigenvalue weighted by molar-refractivity contribution is 6.20. The molecule has 0 fully saturated rings. The van der Waals surface area contributed by atoms with Crippen molar-refractivity contribution in [2.75, 3.05) is 0 Å². The van der Waals surface area contributed by atoms with Gasteiger partial charge in [-0.05, 0) is 47.5 Å². The molecule has 0 saturated heterocycles. The molecule has 0 amide bonds. The Labute approximate surface area is 172 Å². The lowest BCUT2D eigenvalue weighted by molar-refractivity contribution is -0.617. The average Bonchev–Trinajstić information content (AvgIpc) is 3.28. The Morgan fingerprint density at radius 2 is 1.57 bits per heavy atom. The SMILES string of the molecule is Cc1cccc2c3oc4cc5ccccc5cc4c3n3c4ccccc4[n+](C)c3c12. The number of hydrogen-bond acceptors (Lipinski definition) is 1. The molecule has 30 heavy (non-hydrogen) atoms. The Balaban J connectivity index is 1.91. The van der Waals surface area contributed by atoms with Crippen LogP contribution in [0.3, 0.4) is 0 Å². The summed E-state index contributed by atoms with van der Waals surface area (Å²) in [4.78, 5) is 0. The molecule has 0 aliphatic rings. The van der Waals surface area contributed by atoms with Gasteiger partial charge in [-0.2, -0.15) is 4.40 Å². The van der Waals surface area contributed by atoms with E-state index in [1.165, 1.54) is 38.4 Å². The van der Waals surface area contributed by atoms with Crippen molar-refractivity contribution in [1.82, 2.24) is 4.40 Å². The van der Waals surface area contributed by atoms with E-state index in [0.717, 1.165) is 27.5 Å². The fourth-order valence-electron chi connectivity index (χ4n) is 5.15. The zero-order chi connectivity index (χ0) is 20.0. The smallest absolute Gasteiger partial charge is 0.296 e. The predicted octanol–water partition coefficient (Wildman–Crippen LogP) is 6.43. The Hall–Kier alpha value is -3.85. The number of imidazole rings is 1. The van der Waals surface area contributed by atoms with Gasteiger partial charge in [0.15, 0.2) is 22.1 Å². The van der Waals surface area contributed by atoms with E-state index < -0.39 is 0 Å². The number of aromatic nitrogens is 2. The van der Waals surface area contributed by atoms with Crippen LogP contribution in [0.15, 0.2) is 83.3 Å². The molecule has 3 aromatic heterocycles. The lowest BCUT2D eigenvalue weighted by Gasteiger charge is -2.03. The highest BCUT2D eigenvalue weighted by Gasteiger charge is 2.27. The van der Waals surface area contributed by atoms with E-state index in [4.69, 9.17) is 4.42 Å². The first-order chi connectivity index (χ1) is 14.7. The molecule has 0 saturated carbocycles. The molecule has 3 heteroatoms. The van der Waals surface area contributed by atoms with Gasteiger partial charge >= 0.3 is 0 Å². The van der Waals surface area contributed by atoms with Crippen LogP contribution in [0.25, 0.3) is 60.3 Å². The lowest BCUT2D eigenvalue weighted by Crippen LogP contribution is -2.27. The van der Waals surface area contributed by atoms with Gasteiger partial charge in [0.1, 0.15) is 5.58 Å². The Morgan fingerprint density at radius 3 is 2.43 bits per heavy atom. The summed E-state index contributed by atoms with van der Waals surface area (Å²) >= 11 is 0. The molecule has 0 unspecified atom stereocenters. The summed E-state index contributed by atoms with van der Waals surface area (Å²) in [5.41, 5.74) is 7.88. The maximum atomic E-state index is 6.57. The molecule has 142 valence electrons. The summed E-state index contributed by atoms with van der Waals surface area (Å²) in [5, 5.41) is 5.98. The second-order valence-electron chi connectivity index (χ2n) is 8.18. The van der Waals surface area contributed by atoms with Gasteiger partial charge in [-0.3, -0.25) is 0 Å². The summed E-state index contributed by atoms with van der Waals surface area (Å²) in [6, 6.07) is 28.0. The van der Waals surface area contributed by atoms with Crippen LogP contribution in [0, 0.1) is 6.92 Å². The standard InChI is InChI=1S/C27H19N2O/c1-16-8-7-11-19-24(16)27-28(2)21-12-5-6-13-22(21)29(27)25-20-14-17-9-3-4-10-18(17)15-23(20)30-26(19)25/h3-15H,1-2H3/q+1. The fraction of sp³-hybridized carbons (Fsp3) is 0.0741. The number of para-hydroxylation sites is 2. The molecule has 0 bridgehead atoms. The van der Waals surface area contributed by atoms with Crippen molar-refractivity contribution in [2.24, 2.45) is 7.05 Å². The van der Waals surface area contributed by atoms with Gasteiger partial charge < -0.3 is 4.42 Å². The molecule has 3 heterocycles. The molecule has 3 nitrogen and oxygen atoms in total. The van der Waals surface area contributed by atoms with Crippen LogP contribution in [0.4, 0.5) is 0 Å². The normalized spacial score (nSPS) is 12.3. The summed E-state index contributed by atoms with van der Waals surface area (Å²) in [6.45, 7) is 2.18. The van der Waals surface area contributed by atoms with Gasteiger partial charge in [0.2, 0.25) is 0 Å². The zero-order valence-corrected chi connectivity index (χ0v) is 16.8. The first kappa shape index (κ1) is 16.0. The first-order valence-electron chi connectivity index (χ1n) is 10.3. The topological polar surface area (TPSA) is 21.4 Å². The number of aryl methyl sites for hydroxylation is 2. The van der Waals surface area contributed by atoms with Gasteiger partial charge in [-0.1, -0.05) is 54.6 Å². The Kier molecular flexibility index (Phi) is 2.88. The summed E-state index contributed by atoms with van der Waals surface area (Å²) < 4.78 is 11.3. The number of pyridine rings is 1. The highest BCUT2D eigenvalue weighted by Crippen LogP contribution is 2.39. The number of hydrogen-bond donors (Lipinski definition) is 0. The third-order valence-electron chi connectivity index (χ3n) is 6.51. The average molecular weight is 387 g/mol. The quantitative estimate of drug-likeness (QED) is 0.275. The van der Waals surface area contributed by atoms with Crippen molar-refractivity contribution < 1.29 is 8.98 Å². The van der Waals surface area contributed by atoms with E-state index >= 15 is 0 Å². The molecular weight excluding hydrogens is 368 g/mol. The maximum Gasteiger partial charge on any atom is 0.296 e. The van der Waals surface area contributed by atoms with E-state index in [-0.39, 0.29) is 0 Å². The van der Waals surface area contributed by atoms with Crippen molar-refractivity contribution in [1.29, 1.82) is 0 Å². The molecule has 0 N–H and O–H groups in total. The second-order valence-corrected chi connectivity index (χ2v) is 8.18. The van der Waals surface area contributed by atoms with Gasteiger partial charge in [-0.25, -0.2) is 4.57 Å². The van der Waals surface area contributed by atoms with E-state index in [1.54, 1.807) is 0 Å². The summed E-state index contributed by atoms with van der Waals surface area (Å²) in [7, 11) is 2.16. The van der Waals surface area contributed by atoms with Gasteiger partial charge in [0, 0.05) is 5.39 Å². The van der Waals surface area contributed by atoms with Crippen LogP contribution in [-0.4, -0.2) is 4.40 Å². The minimum Gasteiger partial charge on any atom is -0.451 e. The summed E-state index contributed by atoms with van der Waals surface area (Å²) in [6.07, 6.45) is 0. The number of benzene rings is 4. The molecule has 0 radical (unpaired) electrons. The van der Waals surface area contributed by atoms with Crippen LogP contribution in [0.5, 0.6) is 0 Å². The monoisotopic (exact) mass is 387 g/mol. The van der Waals surface area contributed by atoms with Gasteiger partial charge in [0.05, 0.1) is 17.8 Å². The van der Waals surface area contributed by atoms with Crippen LogP contribution < -0.4 is 4.57 Å². The minimum atomic E-state index is 0.930. The maximum absolute atomic E-state index is 6.57. The van der Waals surface area contributed by atoms with Crippen LogP contribution in [0.1, 0.15) is 5.56 Å². The Morgan fingerprint density at radius 1 is 0.800 bits per heavy atom. The number of nitrogens with zero attached hydrogens (tertiary/aromatic N) is 2. The second kappa shape index (κ2) is 5.39. The molecule has 0 spiro atoms. The van der Waals surface area contributed by atoms with E-state index in [9.17, 15) is 0 Å². The molecule has 4 aromatic carbocycles. The van der Waals surface area contributed by atoms with E-state index in [0.29, 0.717) is 0 Å². The van der Waals surface area contributed by atoms with Crippen molar-refractivity contribution in [3.63, 3.8) is 0 Å². The van der Waals surface area contributed by atoms with Crippen molar-refractivity contribution in [3.05, 3.63) is 84.4 Å². The Bertz CT molecular complexity index is 1820. The molecule has 7 aromatic rings. The van der Waals surface area contributed by atoms with Crippen molar-refractivity contribution in [3.8, 4) is 0 Å². The molecule has 0 aliphatic carbocycles. The number of furan rings is 1. The number of rotatable bonds is 0. The third kappa shape index (κ3) is 1.83. The predicted molar refractivity (Wildman–Crippen MR) is 123 cm³/mol.